The summed E-state index contributed by atoms with van der Waals surface area (Å²) in [5, 5.41) is 0. The molecule has 27 heavy (non-hydrogen) atoms. The first-order valence-electron chi connectivity index (χ1n) is 9.65. The van der Waals surface area contributed by atoms with Crippen LogP contribution in [0.15, 0.2) is 42.5 Å². The number of rotatable bonds is 3. The van der Waals surface area contributed by atoms with E-state index in [1.54, 1.807) is 0 Å². The minimum Gasteiger partial charge on any atom is -0.427 e. The third-order valence-corrected chi connectivity index (χ3v) is 6.55. The number of ether oxygens (including phenoxy) is 1. The summed E-state index contributed by atoms with van der Waals surface area (Å²) in [6, 6.07) is 14.5. The van der Waals surface area contributed by atoms with Crippen LogP contribution in [0.1, 0.15) is 70.7 Å². The fourth-order valence-corrected chi connectivity index (χ4v) is 4.38. The molecule has 0 spiro atoms. The Labute approximate surface area is 163 Å². The van der Waals surface area contributed by atoms with Crippen LogP contribution in [-0.2, 0) is 15.6 Å². The summed E-state index contributed by atoms with van der Waals surface area (Å²) in [4.78, 5) is 11.0. The molecule has 1 aliphatic rings. The van der Waals surface area contributed by atoms with Crippen LogP contribution < -0.4 is 4.74 Å². The van der Waals surface area contributed by atoms with Gasteiger partial charge in [-0.3, -0.25) is 4.79 Å². The molecule has 0 bridgehead atoms. The van der Waals surface area contributed by atoms with E-state index in [-0.39, 0.29) is 16.8 Å². The number of fused-ring (bicyclic) bond motifs is 1. The first-order valence-corrected chi connectivity index (χ1v) is 9.65. The van der Waals surface area contributed by atoms with Gasteiger partial charge < -0.3 is 4.74 Å². The molecule has 0 radical (unpaired) electrons. The number of benzene rings is 2. The highest BCUT2D eigenvalue weighted by Crippen LogP contribution is 2.53. The smallest absolute Gasteiger partial charge is 0.308 e. The average molecular weight is 363 g/mol. The zero-order chi connectivity index (χ0) is 20.0. The van der Waals surface area contributed by atoms with E-state index >= 15 is 0 Å². The first kappa shape index (κ1) is 19.4. The molecule has 2 aromatic carbocycles. The van der Waals surface area contributed by atoms with Gasteiger partial charge in [0.1, 0.15) is 5.75 Å². The van der Waals surface area contributed by atoms with Crippen molar-refractivity contribution in [1.82, 2.24) is 0 Å². The second kappa shape index (κ2) is 6.67. The van der Waals surface area contributed by atoms with E-state index < -0.39 is 0 Å². The third kappa shape index (κ3) is 3.45. The minimum absolute atomic E-state index is 0.167. The largest absolute Gasteiger partial charge is 0.427 e. The van der Waals surface area contributed by atoms with E-state index in [4.69, 9.17) is 4.74 Å². The molecule has 0 saturated carbocycles. The van der Waals surface area contributed by atoms with Crippen molar-refractivity contribution in [3.8, 4) is 5.75 Å². The lowest BCUT2D eigenvalue weighted by atomic mass is 9.71. The van der Waals surface area contributed by atoms with Crippen molar-refractivity contribution in [2.75, 3.05) is 0 Å². The Morgan fingerprint density at radius 3 is 2.11 bits per heavy atom. The van der Waals surface area contributed by atoms with Crippen molar-refractivity contribution in [3.63, 3.8) is 0 Å². The van der Waals surface area contributed by atoms with Gasteiger partial charge in [-0.05, 0) is 63.6 Å². The van der Waals surface area contributed by atoms with Gasteiger partial charge in [0.15, 0.2) is 0 Å². The maximum absolute atomic E-state index is 11.0. The molecule has 2 heteroatoms. The van der Waals surface area contributed by atoms with E-state index in [2.05, 4.69) is 65.8 Å². The van der Waals surface area contributed by atoms with Crippen LogP contribution in [-0.4, -0.2) is 5.97 Å². The SMILES string of the molecule is CC(=O)Oc1ccc(C=C(C)c2ccc3c(c2)C(C)(C)C(C)C3(C)C)cc1. The number of hydrogen-bond acceptors (Lipinski definition) is 2. The zero-order valence-corrected chi connectivity index (χ0v) is 17.5. The predicted molar refractivity (Wildman–Crippen MR) is 113 cm³/mol. The Hall–Kier alpha value is -2.35. The number of carbonyl (C=O) groups is 1. The topological polar surface area (TPSA) is 26.3 Å². The first-order chi connectivity index (χ1) is 12.5. The zero-order valence-electron chi connectivity index (χ0n) is 17.5. The quantitative estimate of drug-likeness (QED) is 0.360. The summed E-state index contributed by atoms with van der Waals surface area (Å²) >= 11 is 0. The molecule has 1 atom stereocenters. The molecule has 0 aliphatic heterocycles. The predicted octanol–water partition coefficient (Wildman–Crippen LogP) is 6.38. The second-order valence-corrected chi connectivity index (χ2v) is 8.92. The molecule has 2 nitrogen and oxygen atoms in total. The van der Waals surface area contributed by atoms with Crippen LogP contribution in [0.25, 0.3) is 11.6 Å². The fourth-order valence-electron chi connectivity index (χ4n) is 4.38. The molecule has 2 aromatic rings. The second-order valence-electron chi connectivity index (χ2n) is 8.92. The molecule has 1 unspecified atom stereocenters. The van der Waals surface area contributed by atoms with E-state index in [0.717, 1.165) is 5.56 Å². The molecule has 0 heterocycles. The maximum atomic E-state index is 11.0. The van der Waals surface area contributed by atoms with Gasteiger partial charge in [-0.25, -0.2) is 0 Å². The van der Waals surface area contributed by atoms with Gasteiger partial charge in [-0.1, -0.05) is 71.0 Å². The van der Waals surface area contributed by atoms with Gasteiger partial charge in [0, 0.05) is 6.92 Å². The molecular formula is C25H30O2. The van der Waals surface area contributed by atoms with Gasteiger partial charge in [0.2, 0.25) is 0 Å². The lowest BCUT2D eigenvalue weighted by Gasteiger charge is -2.32. The third-order valence-electron chi connectivity index (χ3n) is 6.55. The number of hydrogen-bond donors (Lipinski definition) is 0. The Morgan fingerprint density at radius 1 is 0.926 bits per heavy atom. The Morgan fingerprint density at radius 2 is 1.52 bits per heavy atom. The number of allylic oxidation sites excluding steroid dienone is 1. The van der Waals surface area contributed by atoms with Gasteiger partial charge in [0.05, 0.1) is 0 Å². The summed E-state index contributed by atoms with van der Waals surface area (Å²) < 4.78 is 5.10. The molecular weight excluding hydrogens is 332 g/mol. The molecule has 0 saturated heterocycles. The molecule has 0 aromatic heterocycles. The highest BCUT2D eigenvalue weighted by molar-refractivity contribution is 5.81. The van der Waals surface area contributed by atoms with E-state index in [9.17, 15) is 4.79 Å². The molecule has 0 fully saturated rings. The van der Waals surface area contributed by atoms with Crippen molar-refractivity contribution < 1.29 is 9.53 Å². The lowest BCUT2D eigenvalue weighted by Crippen LogP contribution is -2.30. The van der Waals surface area contributed by atoms with Crippen LogP contribution in [0.4, 0.5) is 0 Å². The molecule has 1 aliphatic carbocycles. The Balaban J connectivity index is 1.93. The Kier molecular flexibility index (Phi) is 4.80. The van der Waals surface area contributed by atoms with Gasteiger partial charge >= 0.3 is 5.97 Å². The van der Waals surface area contributed by atoms with Gasteiger partial charge in [0.25, 0.3) is 0 Å². The van der Waals surface area contributed by atoms with Crippen LogP contribution in [0.2, 0.25) is 0 Å². The van der Waals surface area contributed by atoms with Gasteiger partial charge in [-0.15, -0.1) is 0 Å². The minimum atomic E-state index is -0.299. The molecule has 142 valence electrons. The summed E-state index contributed by atoms with van der Waals surface area (Å²) in [5.74, 6) is 0.869. The maximum Gasteiger partial charge on any atom is 0.308 e. The van der Waals surface area contributed by atoms with Gasteiger partial charge in [-0.2, -0.15) is 0 Å². The van der Waals surface area contributed by atoms with Crippen LogP contribution >= 0.6 is 0 Å². The normalized spacial score (nSPS) is 20.3. The lowest BCUT2D eigenvalue weighted by molar-refractivity contribution is -0.131. The highest BCUT2D eigenvalue weighted by Gasteiger charge is 2.48. The van der Waals surface area contributed by atoms with E-state index in [1.165, 1.54) is 29.2 Å². The van der Waals surface area contributed by atoms with Crippen molar-refractivity contribution in [2.24, 2.45) is 5.92 Å². The fraction of sp³-hybridized carbons (Fsp3) is 0.400. The standard InChI is InChI=1S/C25H30O2/c1-16(14-19-8-11-21(12-9-19)27-18(3)26)20-10-13-22-23(15-20)25(6,7)17(2)24(22,4)5/h8-15,17H,1-7H3. The number of esters is 1. The summed E-state index contributed by atoms with van der Waals surface area (Å²) in [6.07, 6.45) is 2.18. The van der Waals surface area contributed by atoms with Crippen molar-refractivity contribution in [2.45, 2.75) is 59.3 Å². The monoisotopic (exact) mass is 362 g/mol. The van der Waals surface area contributed by atoms with Crippen molar-refractivity contribution >= 4 is 17.6 Å². The van der Waals surface area contributed by atoms with Crippen LogP contribution in [0, 0.1) is 5.92 Å². The van der Waals surface area contributed by atoms with Crippen molar-refractivity contribution in [3.05, 3.63) is 64.7 Å². The van der Waals surface area contributed by atoms with Crippen molar-refractivity contribution in [1.29, 1.82) is 0 Å². The summed E-state index contributed by atoms with van der Waals surface area (Å²) in [7, 11) is 0. The van der Waals surface area contributed by atoms with E-state index in [1.807, 2.05) is 24.3 Å². The molecule has 3 rings (SSSR count). The van der Waals surface area contributed by atoms with Crippen LogP contribution in [0.5, 0.6) is 5.75 Å². The molecule has 0 amide bonds. The average Bonchev–Trinajstić information content (AvgIpc) is 2.74. The highest BCUT2D eigenvalue weighted by atomic mass is 16.5. The van der Waals surface area contributed by atoms with Crippen LogP contribution in [0.3, 0.4) is 0 Å². The Bertz CT molecular complexity index is 898. The van der Waals surface area contributed by atoms with E-state index in [0.29, 0.717) is 11.7 Å². The summed E-state index contributed by atoms with van der Waals surface area (Å²) in [6.45, 7) is 15.4. The molecule has 0 N–H and O–H groups in total. The summed E-state index contributed by atoms with van der Waals surface area (Å²) in [5.41, 5.74) is 6.89. The number of carbonyl (C=O) groups excluding carboxylic acids is 1.